The second-order valence-corrected chi connectivity index (χ2v) is 4.18. The van der Waals surface area contributed by atoms with Gasteiger partial charge in [-0.25, -0.2) is 4.99 Å². The standard InChI is InChI=1S/C12H11BF2N2O/c1-12(7-3-2-4-8(13)5-7)10(11(14)15)18-6-9(16)17-12/h2-5H,6H2,1H3,(H2,16,17). The third kappa shape index (κ3) is 2.10. The van der Waals surface area contributed by atoms with Crippen LogP contribution < -0.4 is 11.2 Å². The minimum Gasteiger partial charge on any atom is -0.482 e. The Balaban J connectivity index is 2.62. The fraction of sp³-hybridized carbons (Fsp3) is 0.250. The van der Waals surface area contributed by atoms with E-state index in [1.807, 2.05) is 0 Å². The van der Waals surface area contributed by atoms with E-state index in [4.69, 9.17) is 18.3 Å². The first-order valence-corrected chi connectivity index (χ1v) is 5.32. The summed E-state index contributed by atoms with van der Waals surface area (Å²) >= 11 is 0. The maximum atomic E-state index is 12.9. The second-order valence-electron chi connectivity index (χ2n) is 4.18. The highest BCUT2D eigenvalue weighted by Gasteiger charge is 2.39. The van der Waals surface area contributed by atoms with Gasteiger partial charge in [0.1, 0.15) is 25.8 Å². The number of hydrogen-bond donors (Lipinski definition) is 1. The highest BCUT2D eigenvalue weighted by Crippen LogP contribution is 2.38. The average molecular weight is 248 g/mol. The van der Waals surface area contributed by atoms with Gasteiger partial charge in [0.05, 0.1) is 0 Å². The van der Waals surface area contributed by atoms with Crippen LogP contribution in [0.4, 0.5) is 8.78 Å². The maximum absolute atomic E-state index is 12.9. The lowest BCUT2D eigenvalue weighted by Crippen LogP contribution is -2.36. The fourth-order valence-electron chi connectivity index (χ4n) is 1.93. The van der Waals surface area contributed by atoms with E-state index in [0.29, 0.717) is 11.0 Å². The molecule has 2 rings (SSSR count). The molecule has 0 fully saturated rings. The molecule has 1 unspecified atom stereocenters. The second kappa shape index (κ2) is 4.44. The molecule has 0 saturated heterocycles. The van der Waals surface area contributed by atoms with E-state index in [2.05, 4.69) is 4.99 Å². The summed E-state index contributed by atoms with van der Waals surface area (Å²) in [4.78, 5) is 4.10. The minimum atomic E-state index is -1.91. The molecule has 18 heavy (non-hydrogen) atoms. The molecule has 1 aromatic carbocycles. The van der Waals surface area contributed by atoms with Crippen molar-refractivity contribution in [2.75, 3.05) is 6.61 Å². The molecule has 6 heteroatoms. The lowest BCUT2D eigenvalue weighted by atomic mass is 9.85. The van der Waals surface area contributed by atoms with Crippen molar-refractivity contribution in [3.63, 3.8) is 0 Å². The summed E-state index contributed by atoms with van der Waals surface area (Å²) in [6.07, 6.45) is -1.91. The number of nitrogens with two attached hydrogens (primary N) is 1. The highest BCUT2D eigenvalue weighted by atomic mass is 19.3. The molecule has 2 N–H and O–H groups in total. The van der Waals surface area contributed by atoms with Gasteiger partial charge in [-0.1, -0.05) is 29.7 Å². The number of benzene rings is 1. The van der Waals surface area contributed by atoms with Gasteiger partial charge >= 0.3 is 6.08 Å². The Morgan fingerprint density at radius 1 is 1.50 bits per heavy atom. The summed E-state index contributed by atoms with van der Waals surface area (Å²) < 4.78 is 30.9. The molecule has 1 heterocycles. The van der Waals surface area contributed by atoms with Crippen LogP contribution in [0.1, 0.15) is 12.5 Å². The molecule has 0 amide bonds. The van der Waals surface area contributed by atoms with Gasteiger partial charge < -0.3 is 10.5 Å². The summed E-state index contributed by atoms with van der Waals surface area (Å²) in [7, 11) is 5.66. The molecule has 3 nitrogen and oxygen atoms in total. The van der Waals surface area contributed by atoms with Crippen molar-refractivity contribution < 1.29 is 13.5 Å². The molecule has 1 atom stereocenters. The Bertz CT molecular complexity index is 541. The smallest absolute Gasteiger partial charge is 0.310 e. The molecule has 92 valence electrons. The maximum Gasteiger partial charge on any atom is 0.310 e. The first-order chi connectivity index (χ1) is 8.43. The van der Waals surface area contributed by atoms with Crippen LogP contribution in [0.5, 0.6) is 0 Å². The Labute approximate surface area is 105 Å². The van der Waals surface area contributed by atoms with Crippen molar-refractivity contribution in [3.05, 3.63) is 41.7 Å². The monoisotopic (exact) mass is 248 g/mol. The molecule has 2 radical (unpaired) electrons. The summed E-state index contributed by atoms with van der Waals surface area (Å²) in [5, 5.41) is 0. The zero-order valence-electron chi connectivity index (χ0n) is 9.78. The van der Waals surface area contributed by atoms with Gasteiger partial charge in [0, 0.05) is 0 Å². The third-order valence-corrected chi connectivity index (χ3v) is 2.79. The van der Waals surface area contributed by atoms with Gasteiger partial charge in [-0.2, -0.15) is 8.78 Å². The summed E-state index contributed by atoms with van der Waals surface area (Å²) in [6.45, 7) is 1.38. The number of rotatable bonds is 1. The Kier molecular flexibility index (Phi) is 3.11. The van der Waals surface area contributed by atoms with Crippen molar-refractivity contribution in [2.45, 2.75) is 12.5 Å². The van der Waals surface area contributed by atoms with E-state index < -0.39 is 17.4 Å². The van der Waals surface area contributed by atoms with Crippen LogP contribution in [0.15, 0.2) is 41.1 Å². The van der Waals surface area contributed by atoms with Crippen LogP contribution in [-0.4, -0.2) is 20.3 Å². The Morgan fingerprint density at radius 3 is 2.83 bits per heavy atom. The average Bonchev–Trinajstić information content (AvgIpc) is 2.28. The van der Waals surface area contributed by atoms with Crippen LogP contribution in [0.25, 0.3) is 0 Å². The number of amidine groups is 1. The topological polar surface area (TPSA) is 47.6 Å². The zero-order valence-corrected chi connectivity index (χ0v) is 9.78. The zero-order chi connectivity index (χ0) is 13.3. The number of hydrogen-bond acceptors (Lipinski definition) is 3. The van der Waals surface area contributed by atoms with Crippen LogP contribution in [0.3, 0.4) is 0 Å². The van der Waals surface area contributed by atoms with Gasteiger partial charge in [-0.05, 0) is 12.5 Å². The summed E-state index contributed by atoms with van der Waals surface area (Å²) in [5.74, 6) is -0.313. The molecule has 0 aliphatic carbocycles. The molecule has 0 bridgehead atoms. The lowest BCUT2D eigenvalue weighted by molar-refractivity contribution is 0.159. The van der Waals surface area contributed by atoms with E-state index in [1.54, 1.807) is 24.3 Å². The van der Waals surface area contributed by atoms with Crippen LogP contribution in [-0.2, 0) is 10.3 Å². The van der Waals surface area contributed by atoms with E-state index in [-0.39, 0.29) is 12.4 Å². The molecule has 0 saturated carbocycles. The van der Waals surface area contributed by atoms with Crippen LogP contribution in [0.2, 0.25) is 0 Å². The van der Waals surface area contributed by atoms with E-state index in [9.17, 15) is 8.78 Å². The summed E-state index contributed by atoms with van der Waals surface area (Å²) in [6, 6.07) is 6.57. The number of aliphatic imine (C=N–C) groups is 1. The van der Waals surface area contributed by atoms with E-state index >= 15 is 0 Å². The predicted molar refractivity (Wildman–Crippen MR) is 66.0 cm³/mol. The quantitative estimate of drug-likeness (QED) is 0.759. The molecular formula is C12H11BF2N2O. The van der Waals surface area contributed by atoms with Gasteiger partial charge in [-0.15, -0.1) is 0 Å². The van der Waals surface area contributed by atoms with Crippen LogP contribution in [0, 0.1) is 0 Å². The molecule has 1 aromatic rings. The fourth-order valence-corrected chi connectivity index (χ4v) is 1.93. The Hall–Kier alpha value is -1.85. The van der Waals surface area contributed by atoms with Crippen molar-refractivity contribution in [3.8, 4) is 0 Å². The SMILES string of the molecule is [B]c1cccc(C2(C)N=C(N)COC2=C(F)F)c1. The van der Waals surface area contributed by atoms with Gasteiger partial charge in [0.25, 0.3) is 0 Å². The van der Waals surface area contributed by atoms with Crippen molar-refractivity contribution >= 4 is 19.1 Å². The highest BCUT2D eigenvalue weighted by molar-refractivity contribution is 6.32. The first kappa shape index (κ1) is 12.6. The van der Waals surface area contributed by atoms with Crippen molar-refractivity contribution in [1.82, 2.24) is 0 Å². The van der Waals surface area contributed by atoms with E-state index in [1.165, 1.54) is 6.92 Å². The number of halogens is 2. The first-order valence-electron chi connectivity index (χ1n) is 5.32. The lowest BCUT2D eigenvalue weighted by Gasteiger charge is -2.32. The van der Waals surface area contributed by atoms with Crippen molar-refractivity contribution in [1.29, 1.82) is 0 Å². The number of nitrogens with zero attached hydrogens (tertiary/aromatic N) is 1. The Morgan fingerprint density at radius 2 is 2.22 bits per heavy atom. The predicted octanol–water partition coefficient (Wildman–Crippen LogP) is 1.19. The number of ether oxygens (including phenoxy) is 1. The van der Waals surface area contributed by atoms with Gasteiger partial charge in [0.2, 0.25) is 0 Å². The van der Waals surface area contributed by atoms with Crippen molar-refractivity contribution in [2.24, 2.45) is 10.7 Å². The van der Waals surface area contributed by atoms with Gasteiger partial charge in [-0.3, -0.25) is 0 Å². The van der Waals surface area contributed by atoms with E-state index in [0.717, 1.165) is 0 Å². The third-order valence-electron chi connectivity index (χ3n) is 2.79. The normalized spacial score (nSPS) is 23.3. The largest absolute Gasteiger partial charge is 0.482 e. The molecule has 1 aliphatic heterocycles. The van der Waals surface area contributed by atoms with Crippen LogP contribution >= 0.6 is 0 Å². The molecular weight excluding hydrogens is 237 g/mol. The molecule has 0 aromatic heterocycles. The molecule has 0 spiro atoms. The molecule has 1 aliphatic rings. The van der Waals surface area contributed by atoms with Gasteiger partial charge in [0.15, 0.2) is 5.76 Å². The minimum absolute atomic E-state index is 0.134. The summed E-state index contributed by atoms with van der Waals surface area (Å²) in [5.41, 5.74) is 5.21.